The quantitative estimate of drug-likeness (QED) is 0.676. The molecule has 0 aromatic heterocycles. The van der Waals surface area contributed by atoms with Gasteiger partial charge in [-0.15, -0.1) is 0 Å². The van der Waals surface area contributed by atoms with Crippen LogP contribution in [0.3, 0.4) is 0 Å². The van der Waals surface area contributed by atoms with E-state index in [4.69, 9.17) is 4.74 Å². The summed E-state index contributed by atoms with van der Waals surface area (Å²) >= 11 is 0. The summed E-state index contributed by atoms with van der Waals surface area (Å²) in [4.78, 5) is 15.2. The Bertz CT molecular complexity index is 699. The van der Waals surface area contributed by atoms with E-state index >= 15 is 0 Å². The van der Waals surface area contributed by atoms with Crippen LogP contribution in [0.2, 0.25) is 0 Å². The van der Waals surface area contributed by atoms with Crippen molar-refractivity contribution >= 4 is 5.91 Å². The number of carbonyl (C=O) groups is 1. The molecule has 4 heteroatoms. The Kier molecular flexibility index (Phi) is 8.34. The summed E-state index contributed by atoms with van der Waals surface area (Å²) in [6.07, 6.45) is 0.783. The highest BCUT2D eigenvalue weighted by Gasteiger charge is 2.23. The molecule has 1 amide bonds. The maximum atomic E-state index is 12.9. The van der Waals surface area contributed by atoms with E-state index < -0.39 is 0 Å². The van der Waals surface area contributed by atoms with Crippen LogP contribution in [0, 0.1) is 0 Å². The molecule has 2 aromatic carbocycles. The van der Waals surface area contributed by atoms with Crippen molar-refractivity contribution in [3.05, 3.63) is 65.7 Å². The highest BCUT2D eigenvalue weighted by molar-refractivity contribution is 5.83. The molecule has 0 bridgehead atoms. The lowest BCUT2D eigenvalue weighted by atomic mass is 9.95. The molecule has 1 N–H and O–H groups in total. The van der Waals surface area contributed by atoms with Crippen molar-refractivity contribution in [1.29, 1.82) is 0 Å². The SMILES string of the molecule is CC[C@@H](C(=O)NC[C@H](c1cccc(OC)c1)N(CC)CC)c1ccccc1. The Hall–Kier alpha value is -2.33. The second-order valence-electron chi connectivity index (χ2n) is 6.63. The van der Waals surface area contributed by atoms with E-state index in [0.29, 0.717) is 6.54 Å². The molecule has 0 saturated carbocycles. The molecule has 27 heavy (non-hydrogen) atoms. The lowest BCUT2D eigenvalue weighted by molar-refractivity contribution is -0.122. The largest absolute Gasteiger partial charge is 0.497 e. The van der Waals surface area contributed by atoms with E-state index in [2.05, 4.69) is 43.1 Å². The van der Waals surface area contributed by atoms with Crippen LogP contribution in [0.25, 0.3) is 0 Å². The number of nitrogens with zero attached hydrogens (tertiary/aromatic N) is 1. The summed E-state index contributed by atoms with van der Waals surface area (Å²) in [5.74, 6) is 0.810. The maximum Gasteiger partial charge on any atom is 0.227 e. The predicted molar refractivity (Wildman–Crippen MR) is 111 cm³/mol. The van der Waals surface area contributed by atoms with Crippen molar-refractivity contribution in [2.45, 2.75) is 39.2 Å². The van der Waals surface area contributed by atoms with Crippen molar-refractivity contribution in [2.75, 3.05) is 26.7 Å². The number of hydrogen-bond donors (Lipinski definition) is 1. The summed E-state index contributed by atoms with van der Waals surface area (Å²) in [6.45, 7) is 8.78. The van der Waals surface area contributed by atoms with Crippen molar-refractivity contribution < 1.29 is 9.53 Å². The molecule has 2 aromatic rings. The smallest absolute Gasteiger partial charge is 0.227 e. The van der Waals surface area contributed by atoms with Crippen molar-refractivity contribution in [3.63, 3.8) is 0 Å². The molecule has 0 saturated heterocycles. The molecule has 0 fully saturated rings. The molecule has 2 rings (SSSR count). The molecule has 0 radical (unpaired) electrons. The molecule has 0 aliphatic carbocycles. The molecule has 4 nitrogen and oxygen atoms in total. The summed E-state index contributed by atoms with van der Waals surface area (Å²) < 4.78 is 5.39. The van der Waals surface area contributed by atoms with Crippen LogP contribution in [0.15, 0.2) is 54.6 Å². The molecule has 0 heterocycles. The predicted octanol–water partition coefficient (Wildman–Crippen LogP) is 4.39. The van der Waals surface area contributed by atoms with Gasteiger partial charge in [-0.2, -0.15) is 0 Å². The van der Waals surface area contributed by atoms with E-state index in [9.17, 15) is 4.79 Å². The van der Waals surface area contributed by atoms with Gasteiger partial charge in [0.15, 0.2) is 0 Å². The van der Waals surface area contributed by atoms with Gasteiger partial charge in [-0.25, -0.2) is 0 Å². The fourth-order valence-corrected chi connectivity index (χ4v) is 3.55. The third kappa shape index (κ3) is 5.57. The van der Waals surface area contributed by atoms with Crippen LogP contribution in [0.4, 0.5) is 0 Å². The minimum absolute atomic E-state index is 0.0868. The Balaban J connectivity index is 2.16. The van der Waals surface area contributed by atoms with E-state index in [1.54, 1.807) is 7.11 Å². The van der Waals surface area contributed by atoms with Gasteiger partial charge < -0.3 is 10.1 Å². The monoisotopic (exact) mass is 368 g/mol. The first-order chi connectivity index (χ1) is 13.1. The Labute approximate surface area is 163 Å². The van der Waals surface area contributed by atoms with Gasteiger partial charge in [0.2, 0.25) is 5.91 Å². The zero-order chi connectivity index (χ0) is 19.6. The maximum absolute atomic E-state index is 12.9. The van der Waals surface area contributed by atoms with Gasteiger partial charge in [0.05, 0.1) is 19.1 Å². The molecule has 0 aliphatic rings. The van der Waals surface area contributed by atoms with Crippen molar-refractivity contribution in [1.82, 2.24) is 10.2 Å². The molecule has 2 atom stereocenters. The topological polar surface area (TPSA) is 41.6 Å². The molecule has 0 aliphatic heterocycles. The number of likely N-dealkylation sites (N-methyl/N-ethyl adjacent to an activating group) is 1. The summed E-state index contributed by atoms with van der Waals surface area (Å²) in [5, 5.41) is 3.20. The molecular formula is C23H32N2O2. The average Bonchev–Trinajstić information content (AvgIpc) is 2.72. The standard InChI is InChI=1S/C23H32N2O2/c1-5-21(18-12-9-8-10-13-18)23(26)24-17-22(25(6-2)7-3)19-14-11-15-20(16-19)27-4/h8-16,21-22H,5-7,17H2,1-4H3,(H,24,26)/t21-,22-/m1/s1. The number of hydrogen-bond acceptors (Lipinski definition) is 3. The van der Waals surface area contributed by atoms with Gasteiger partial charge in [0, 0.05) is 6.54 Å². The van der Waals surface area contributed by atoms with Gasteiger partial charge >= 0.3 is 0 Å². The average molecular weight is 369 g/mol. The first-order valence-corrected chi connectivity index (χ1v) is 9.85. The normalized spacial score (nSPS) is 13.2. The number of ether oxygens (including phenoxy) is 1. The Morgan fingerprint density at radius 3 is 2.26 bits per heavy atom. The van der Waals surface area contributed by atoms with Crippen molar-refractivity contribution in [3.8, 4) is 5.75 Å². The Morgan fingerprint density at radius 2 is 1.67 bits per heavy atom. The van der Waals surface area contributed by atoms with E-state index in [0.717, 1.165) is 36.4 Å². The lowest BCUT2D eigenvalue weighted by Gasteiger charge is -2.31. The second kappa shape index (κ2) is 10.7. The molecule has 0 spiro atoms. The molecular weight excluding hydrogens is 336 g/mol. The van der Waals surface area contributed by atoms with Crippen LogP contribution in [0.1, 0.15) is 50.3 Å². The van der Waals surface area contributed by atoms with Crippen molar-refractivity contribution in [2.24, 2.45) is 0 Å². The van der Waals surface area contributed by atoms with Gasteiger partial charge in [0.1, 0.15) is 5.75 Å². The van der Waals surface area contributed by atoms with E-state index in [-0.39, 0.29) is 17.9 Å². The lowest BCUT2D eigenvalue weighted by Crippen LogP contribution is -2.39. The van der Waals surface area contributed by atoms with E-state index in [1.807, 2.05) is 42.5 Å². The van der Waals surface area contributed by atoms with Crippen LogP contribution < -0.4 is 10.1 Å². The fourth-order valence-electron chi connectivity index (χ4n) is 3.55. The van der Waals surface area contributed by atoms with Gasteiger partial charge in [-0.1, -0.05) is 63.2 Å². The highest BCUT2D eigenvalue weighted by Crippen LogP contribution is 2.25. The number of carbonyl (C=O) groups excluding carboxylic acids is 1. The van der Waals surface area contributed by atoms with Crippen LogP contribution in [0.5, 0.6) is 5.75 Å². The minimum atomic E-state index is -0.117. The van der Waals surface area contributed by atoms with Crippen LogP contribution in [-0.4, -0.2) is 37.6 Å². The highest BCUT2D eigenvalue weighted by atomic mass is 16.5. The van der Waals surface area contributed by atoms with Crippen LogP contribution in [-0.2, 0) is 4.79 Å². The summed E-state index contributed by atoms with van der Waals surface area (Å²) in [5.41, 5.74) is 2.23. The van der Waals surface area contributed by atoms with Gasteiger partial charge in [0.25, 0.3) is 0 Å². The molecule has 146 valence electrons. The minimum Gasteiger partial charge on any atom is -0.497 e. The second-order valence-corrected chi connectivity index (χ2v) is 6.63. The first kappa shape index (κ1) is 21.0. The third-order valence-corrected chi connectivity index (χ3v) is 5.13. The zero-order valence-electron chi connectivity index (χ0n) is 16.9. The van der Waals surface area contributed by atoms with Crippen LogP contribution >= 0.6 is 0 Å². The Morgan fingerprint density at radius 1 is 1.00 bits per heavy atom. The number of nitrogens with one attached hydrogen (secondary N) is 1. The number of methoxy groups -OCH3 is 1. The summed E-state index contributed by atoms with van der Waals surface area (Å²) in [7, 11) is 1.68. The van der Waals surface area contributed by atoms with Gasteiger partial charge in [-0.3, -0.25) is 9.69 Å². The summed E-state index contributed by atoms with van der Waals surface area (Å²) in [6, 6.07) is 18.2. The zero-order valence-corrected chi connectivity index (χ0v) is 16.9. The third-order valence-electron chi connectivity index (χ3n) is 5.13. The fraction of sp³-hybridized carbons (Fsp3) is 0.435. The first-order valence-electron chi connectivity index (χ1n) is 9.85. The number of amides is 1. The van der Waals surface area contributed by atoms with Gasteiger partial charge in [-0.05, 0) is 42.8 Å². The molecule has 0 unspecified atom stereocenters. The van der Waals surface area contributed by atoms with E-state index in [1.165, 1.54) is 0 Å². The number of rotatable bonds is 10. The number of benzene rings is 2.